The number of hydrogen-bond donors (Lipinski definition) is 2. The van der Waals surface area contributed by atoms with Crippen LogP contribution in [0.3, 0.4) is 0 Å². The molecule has 6 heteroatoms. The van der Waals surface area contributed by atoms with Crippen LogP contribution in [-0.4, -0.2) is 18.2 Å². The average Bonchev–Trinajstić information content (AvgIpc) is 2.83. The van der Waals surface area contributed by atoms with Gasteiger partial charge in [0.2, 0.25) is 0 Å². The molecule has 2 rings (SSSR count). The number of aliphatic carboxylic acids is 1. The molecule has 1 aromatic carbocycles. The molecule has 0 aliphatic rings. The normalized spacial score (nSPS) is 10.3. The lowest BCUT2D eigenvalue weighted by molar-refractivity contribution is -0.136. The van der Waals surface area contributed by atoms with Gasteiger partial charge in [-0.2, -0.15) is 0 Å². The second-order valence-electron chi connectivity index (χ2n) is 4.14. The van der Waals surface area contributed by atoms with Crippen molar-refractivity contribution in [3.8, 4) is 5.75 Å². The fourth-order valence-electron chi connectivity index (χ4n) is 1.73. The molecule has 0 radical (unpaired) electrons. The Morgan fingerprint density at radius 3 is 2.75 bits per heavy atom. The van der Waals surface area contributed by atoms with Crippen LogP contribution >= 0.6 is 22.9 Å². The van der Waals surface area contributed by atoms with Crippen LogP contribution in [0.15, 0.2) is 30.3 Å². The third-order valence-electron chi connectivity index (χ3n) is 2.66. The molecule has 0 fully saturated rings. The van der Waals surface area contributed by atoms with Gasteiger partial charge >= 0.3 is 5.97 Å². The topological polar surface area (TPSA) is 58.6 Å². The predicted octanol–water partition coefficient (Wildman–Crippen LogP) is 3.65. The van der Waals surface area contributed by atoms with Crippen LogP contribution in [0.25, 0.3) is 0 Å². The minimum Gasteiger partial charge on any atom is -0.495 e. The summed E-state index contributed by atoms with van der Waals surface area (Å²) in [6.07, 6.45) is 0.0685. The van der Waals surface area contributed by atoms with Crippen molar-refractivity contribution >= 4 is 34.6 Å². The summed E-state index contributed by atoms with van der Waals surface area (Å²) in [6.45, 7) is 0.632. The van der Waals surface area contributed by atoms with Gasteiger partial charge in [-0.1, -0.05) is 11.6 Å². The van der Waals surface area contributed by atoms with Crippen LogP contribution in [0, 0.1) is 0 Å². The summed E-state index contributed by atoms with van der Waals surface area (Å²) >= 11 is 7.54. The molecule has 2 aromatic rings. The van der Waals surface area contributed by atoms with E-state index in [1.54, 1.807) is 19.2 Å². The van der Waals surface area contributed by atoms with Gasteiger partial charge in [0.1, 0.15) is 5.75 Å². The molecule has 0 aliphatic carbocycles. The molecule has 0 saturated carbocycles. The zero-order chi connectivity index (χ0) is 14.5. The monoisotopic (exact) mass is 311 g/mol. The van der Waals surface area contributed by atoms with Crippen molar-refractivity contribution in [3.63, 3.8) is 0 Å². The second kappa shape index (κ2) is 6.63. The summed E-state index contributed by atoms with van der Waals surface area (Å²) in [6, 6.07) is 9.26. The Hall–Kier alpha value is -1.72. The smallest absolute Gasteiger partial charge is 0.308 e. The Morgan fingerprint density at radius 2 is 2.10 bits per heavy atom. The molecule has 0 spiro atoms. The standard InChI is InChI=1S/C14H14ClNO3S/c1-19-13-5-2-9(6-12(13)15)16-8-11-4-3-10(20-11)7-14(17)18/h2-6,16H,7-8H2,1H3,(H,17,18). The summed E-state index contributed by atoms with van der Waals surface area (Å²) in [7, 11) is 1.57. The van der Waals surface area contributed by atoms with Crippen molar-refractivity contribution < 1.29 is 14.6 Å². The number of nitrogens with one attached hydrogen (secondary N) is 1. The molecule has 0 unspecified atom stereocenters. The van der Waals surface area contributed by atoms with Gasteiger partial charge in [-0.3, -0.25) is 4.79 Å². The van der Waals surface area contributed by atoms with Gasteiger partial charge in [0.25, 0.3) is 0 Å². The van der Waals surface area contributed by atoms with E-state index in [9.17, 15) is 4.79 Å². The molecular formula is C14H14ClNO3S. The third kappa shape index (κ3) is 3.88. The molecule has 106 valence electrons. The number of carboxylic acids is 1. The van der Waals surface area contributed by atoms with Gasteiger partial charge < -0.3 is 15.2 Å². The Kier molecular flexibility index (Phi) is 4.87. The quantitative estimate of drug-likeness (QED) is 0.855. The van der Waals surface area contributed by atoms with E-state index >= 15 is 0 Å². The molecule has 0 aliphatic heterocycles. The van der Waals surface area contributed by atoms with Gasteiger partial charge in [0.05, 0.1) is 18.6 Å². The highest BCUT2D eigenvalue weighted by atomic mass is 35.5. The number of anilines is 1. The number of rotatable bonds is 6. The Morgan fingerprint density at radius 1 is 1.35 bits per heavy atom. The van der Waals surface area contributed by atoms with Gasteiger partial charge in [-0.05, 0) is 30.3 Å². The van der Waals surface area contributed by atoms with Crippen LogP contribution in [0.5, 0.6) is 5.75 Å². The zero-order valence-corrected chi connectivity index (χ0v) is 12.4. The lowest BCUT2D eigenvalue weighted by atomic mass is 10.3. The maximum absolute atomic E-state index is 10.6. The van der Waals surface area contributed by atoms with E-state index in [1.807, 2.05) is 18.2 Å². The van der Waals surface area contributed by atoms with Crippen molar-refractivity contribution in [2.24, 2.45) is 0 Å². The molecule has 0 bridgehead atoms. The molecule has 4 nitrogen and oxygen atoms in total. The lowest BCUT2D eigenvalue weighted by Gasteiger charge is -2.08. The Bertz CT molecular complexity index is 612. The van der Waals surface area contributed by atoms with Crippen LogP contribution in [0.2, 0.25) is 5.02 Å². The fraction of sp³-hybridized carbons (Fsp3) is 0.214. The van der Waals surface area contributed by atoms with Crippen LogP contribution in [-0.2, 0) is 17.8 Å². The number of thiophene rings is 1. The fourth-order valence-corrected chi connectivity index (χ4v) is 2.93. The Labute approximate surface area is 126 Å². The van der Waals surface area contributed by atoms with E-state index in [2.05, 4.69) is 5.32 Å². The molecule has 0 amide bonds. The lowest BCUT2D eigenvalue weighted by Crippen LogP contribution is -1.98. The van der Waals surface area contributed by atoms with Gasteiger partial charge in [0, 0.05) is 22.0 Å². The number of carbonyl (C=O) groups is 1. The molecule has 0 atom stereocenters. The molecule has 20 heavy (non-hydrogen) atoms. The second-order valence-corrected chi connectivity index (χ2v) is 5.80. The SMILES string of the molecule is COc1ccc(NCc2ccc(CC(=O)O)s2)cc1Cl. The summed E-state index contributed by atoms with van der Waals surface area (Å²) in [5.74, 6) is -0.176. The van der Waals surface area contributed by atoms with E-state index in [0.29, 0.717) is 17.3 Å². The molecule has 2 N–H and O–H groups in total. The number of methoxy groups -OCH3 is 1. The van der Waals surface area contributed by atoms with Crippen LogP contribution in [0.4, 0.5) is 5.69 Å². The Balaban J connectivity index is 1.96. The highest BCUT2D eigenvalue weighted by Crippen LogP contribution is 2.27. The summed E-state index contributed by atoms with van der Waals surface area (Å²) < 4.78 is 5.09. The van der Waals surface area contributed by atoms with Crippen molar-refractivity contribution in [2.75, 3.05) is 12.4 Å². The van der Waals surface area contributed by atoms with E-state index in [1.165, 1.54) is 11.3 Å². The molecule has 1 aromatic heterocycles. The largest absolute Gasteiger partial charge is 0.495 e. The van der Waals surface area contributed by atoms with Gasteiger partial charge in [0.15, 0.2) is 0 Å². The van der Waals surface area contributed by atoms with Gasteiger partial charge in [-0.25, -0.2) is 0 Å². The van der Waals surface area contributed by atoms with Crippen molar-refractivity contribution in [1.82, 2.24) is 0 Å². The van der Waals surface area contributed by atoms with E-state index in [-0.39, 0.29) is 6.42 Å². The van der Waals surface area contributed by atoms with E-state index in [0.717, 1.165) is 15.4 Å². The first-order valence-corrected chi connectivity index (χ1v) is 7.14. The average molecular weight is 312 g/mol. The maximum atomic E-state index is 10.6. The van der Waals surface area contributed by atoms with Crippen molar-refractivity contribution in [2.45, 2.75) is 13.0 Å². The predicted molar refractivity (Wildman–Crippen MR) is 81.0 cm³/mol. The van der Waals surface area contributed by atoms with Crippen molar-refractivity contribution in [3.05, 3.63) is 45.1 Å². The molecular weight excluding hydrogens is 298 g/mol. The van der Waals surface area contributed by atoms with Crippen LogP contribution < -0.4 is 10.1 Å². The highest BCUT2D eigenvalue weighted by Gasteiger charge is 2.05. The maximum Gasteiger partial charge on any atom is 0.308 e. The first kappa shape index (κ1) is 14.7. The number of carboxylic acid groups (broad SMARTS) is 1. The number of hydrogen-bond acceptors (Lipinski definition) is 4. The van der Waals surface area contributed by atoms with Crippen molar-refractivity contribution in [1.29, 1.82) is 0 Å². The third-order valence-corrected chi connectivity index (χ3v) is 4.04. The number of benzene rings is 1. The zero-order valence-electron chi connectivity index (χ0n) is 10.9. The summed E-state index contributed by atoms with van der Waals surface area (Å²) in [4.78, 5) is 12.5. The number of ether oxygens (including phenoxy) is 1. The minimum atomic E-state index is -0.812. The molecule has 0 saturated heterocycles. The van der Waals surface area contributed by atoms with E-state index < -0.39 is 5.97 Å². The summed E-state index contributed by atoms with van der Waals surface area (Å²) in [5, 5.41) is 12.5. The van der Waals surface area contributed by atoms with E-state index in [4.69, 9.17) is 21.4 Å². The first-order valence-electron chi connectivity index (χ1n) is 5.95. The van der Waals surface area contributed by atoms with Gasteiger partial charge in [-0.15, -0.1) is 11.3 Å². The minimum absolute atomic E-state index is 0.0685. The summed E-state index contributed by atoms with van der Waals surface area (Å²) in [5.41, 5.74) is 0.893. The first-order chi connectivity index (χ1) is 9.58. The highest BCUT2D eigenvalue weighted by molar-refractivity contribution is 7.12. The number of halogens is 1. The molecule has 1 heterocycles. The van der Waals surface area contributed by atoms with Crippen LogP contribution in [0.1, 0.15) is 9.75 Å².